The maximum absolute atomic E-state index is 6.45. The maximum Gasteiger partial charge on any atom is 0.164 e. The molecule has 2 aromatic heterocycles. The van der Waals surface area contributed by atoms with Gasteiger partial charge in [-0.25, -0.2) is 15.0 Å². The van der Waals surface area contributed by atoms with Crippen molar-refractivity contribution in [1.82, 2.24) is 15.0 Å². The SMILES string of the molecule is C1=CC2Oc3ccccc3C2C(c2cc(-c3nc(-c4ccc(-c5ccccc5)cc4)nc(-c4cccc5oc6ccccc6c45)n3)cc3ccccc23)=C1. The van der Waals surface area contributed by atoms with Crippen LogP contribution < -0.4 is 4.74 Å². The lowest BCUT2D eigenvalue weighted by Gasteiger charge is -2.24. The Labute approximate surface area is 311 Å². The van der Waals surface area contributed by atoms with Crippen LogP contribution in [0.1, 0.15) is 17.0 Å². The summed E-state index contributed by atoms with van der Waals surface area (Å²) >= 11 is 0. The second kappa shape index (κ2) is 12.2. The summed E-state index contributed by atoms with van der Waals surface area (Å²) in [5.41, 5.74) is 10.2. The molecule has 54 heavy (non-hydrogen) atoms. The number of rotatable bonds is 5. The fourth-order valence-corrected chi connectivity index (χ4v) is 8.20. The number of ether oxygens (including phenoxy) is 1. The van der Waals surface area contributed by atoms with E-state index in [1.807, 2.05) is 42.5 Å². The van der Waals surface area contributed by atoms with E-state index in [1.165, 1.54) is 16.5 Å². The Balaban J connectivity index is 1.13. The van der Waals surface area contributed by atoms with Crippen molar-refractivity contribution < 1.29 is 9.15 Å². The van der Waals surface area contributed by atoms with Gasteiger partial charge in [0.25, 0.3) is 0 Å². The lowest BCUT2D eigenvalue weighted by Crippen LogP contribution is -2.19. The Hall–Kier alpha value is -7.11. The van der Waals surface area contributed by atoms with E-state index in [-0.39, 0.29) is 12.0 Å². The molecule has 1 aliphatic heterocycles. The molecule has 7 aromatic carbocycles. The Morgan fingerprint density at radius 1 is 0.481 bits per heavy atom. The van der Waals surface area contributed by atoms with Gasteiger partial charge in [0.15, 0.2) is 17.5 Å². The van der Waals surface area contributed by atoms with Crippen LogP contribution in [0.3, 0.4) is 0 Å². The standard InChI is InChI=1S/C49H31N3O2/c1-2-12-30(13-3-1)31-24-26-32(27-25-31)47-50-48(52-49(51-47)39-19-11-23-44-46(39)38-17-7-9-21-42(38)54-44)34-28-33-14-4-5-15-35(33)40(29-34)36-18-10-22-43-45(36)37-16-6-8-20-41(37)53-43/h1-29,43,45H. The first-order chi connectivity index (χ1) is 26.7. The molecular formula is C49H31N3O2. The zero-order valence-electron chi connectivity index (χ0n) is 29.1. The molecule has 0 bridgehead atoms. The molecule has 5 heteroatoms. The fraction of sp³-hybridized carbons (Fsp3) is 0.0408. The van der Waals surface area contributed by atoms with Gasteiger partial charge in [-0.05, 0) is 69.4 Å². The Bertz CT molecular complexity index is 2980. The van der Waals surface area contributed by atoms with Crippen molar-refractivity contribution >= 4 is 38.3 Å². The average Bonchev–Trinajstić information content (AvgIpc) is 3.82. The van der Waals surface area contributed by atoms with E-state index in [1.54, 1.807) is 0 Å². The highest BCUT2D eigenvalue weighted by Gasteiger charge is 2.37. The van der Waals surface area contributed by atoms with E-state index in [0.717, 1.165) is 66.5 Å². The van der Waals surface area contributed by atoms with Crippen LogP contribution in [0.4, 0.5) is 0 Å². The van der Waals surface area contributed by atoms with Crippen molar-refractivity contribution in [3.05, 3.63) is 187 Å². The van der Waals surface area contributed by atoms with Crippen molar-refractivity contribution in [3.63, 3.8) is 0 Å². The van der Waals surface area contributed by atoms with Gasteiger partial charge in [0.2, 0.25) is 0 Å². The molecule has 0 N–H and O–H groups in total. The number of allylic oxidation sites excluding steroid dienone is 2. The molecule has 2 atom stereocenters. The molecule has 1 aliphatic carbocycles. The average molecular weight is 694 g/mol. The highest BCUT2D eigenvalue weighted by molar-refractivity contribution is 6.11. The van der Waals surface area contributed by atoms with Crippen molar-refractivity contribution in [2.75, 3.05) is 0 Å². The van der Waals surface area contributed by atoms with Crippen molar-refractivity contribution in [2.45, 2.75) is 12.0 Å². The first-order valence-electron chi connectivity index (χ1n) is 18.3. The fourth-order valence-electron chi connectivity index (χ4n) is 8.20. The molecule has 3 heterocycles. The van der Waals surface area contributed by atoms with Crippen molar-refractivity contribution in [2.24, 2.45) is 0 Å². The van der Waals surface area contributed by atoms with Gasteiger partial charge in [-0.15, -0.1) is 0 Å². The van der Waals surface area contributed by atoms with Gasteiger partial charge in [0.05, 0.1) is 5.92 Å². The molecule has 5 nitrogen and oxygen atoms in total. The summed E-state index contributed by atoms with van der Waals surface area (Å²) in [5, 5.41) is 4.30. The van der Waals surface area contributed by atoms with Gasteiger partial charge < -0.3 is 9.15 Å². The smallest absolute Gasteiger partial charge is 0.164 e. The first kappa shape index (κ1) is 30.5. The summed E-state index contributed by atoms with van der Waals surface area (Å²) in [4.78, 5) is 15.7. The minimum absolute atomic E-state index is 0.0654. The number of hydrogen-bond acceptors (Lipinski definition) is 5. The van der Waals surface area contributed by atoms with E-state index in [0.29, 0.717) is 17.5 Å². The highest BCUT2D eigenvalue weighted by atomic mass is 16.5. The summed E-state index contributed by atoms with van der Waals surface area (Å²) in [6.45, 7) is 0. The zero-order chi connectivity index (χ0) is 35.6. The third kappa shape index (κ3) is 4.97. The van der Waals surface area contributed by atoms with Gasteiger partial charge >= 0.3 is 0 Å². The van der Waals surface area contributed by atoms with E-state index >= 15 is 0 Å². The summed E-state index contributed by atoms with van der Waals surface area (Å²) in [7, 11) is 0. The normalized spacial score (nSPS) is 16.0. The minimum Gasteiger partial charge on any atom is -0.485 e. The molecule has 0 saturated carbocycles. The third-order valence-electron chi connectivity index (χ3n) is 10.7. The predicted octanol–water partition coefficient (Wildman–Crippen LogP) is 12.1. The van der Waals surface area contributed by atoms with E-state index in [4.69, 9.17) is 24.1 Å². The number of aromatic nitrogens is 3. The summed E-state index contributed by atoms with van der Waals surface area (Å²) in [5.74, 6) is 2.81. The lowest BCUT2D eigenvalue weighted by atomic mass is 9.79. The number of fused-ring (bicyclic) bond motifs is 7. The van der Waals surface area contributed by atoms with Crippen LogP contribution in [0.2, 0.25) is 0 Å². The van der Waals surface area contributed by atoms with Gasteiger partial charge in [0.1, 0.15) is 23.0 Å². The van der Waals surface area contributed by atoms with Crippen LogP contribution in [0.15, 0.2) is 180 Å². The lowest BCUT2D eigenvalue weighted by molar-refractivity contribution is 0.271. The van der Waals surface area contributed by atoms with E-state index in [2.05, 4.69) is 133 Å². The van der Waals surface area contributed by atoms with Gasteiger partial charge in [0, 0.05) is 33.0 Å². The van der Waals surface area contributed by atoms with Crippen LogP contribution in [0, 0.1) is 0 Å². The van der Waals surface area contributed by atoms with E-state index in [9.17, 15) is 0 Å². The molecule has 9 aromatic rings. The van der Waals surface area contributed by atoms with Gasteiger partial charge in [-0.2, -0.15) is 0 Å². The summed E-state index contributed by atoms with van der Waals surface area (Å²) in [6, 6.07) is 54.5. The van der Waals surface area contributed by atoms with Crippen LogP contribution >= 0.6 is 0 Å². The molecule has 0 saturated heterocycles. The molecular weight excluding hydrogens is 663 g/mol. The number of hydrogen-bond donors (Lipinski definition) is 0. The van der Waals surface area contributed by atoms with Gasteiger partial charge in [-0.1, -0.05) is 140 Å². The highest BCUT2D eigenvalue weighted by Crippen LogP contribution is 2.49. The Kier molecular flexibility index (Phi) is 6.92. The molecule has 2 aliphatic rings. The first-order valence-corrected chi connectivity index (χ1v) is 18.3. The molecule has 2 unspecified atom stereocenters. The molecule has 0 radical (unpaired) electrons. The Morgan fingerprint density at radius 2 is 1.17 bits per heavy atom. The van der Waals surface area contributed by atoms with Crippen LogP contribution in [-0.2, 0) is 0 Å². The predicted molar refractivity (Wildman–Crippen MR) is 217 cm³/mol. The van der Waals surface area contributed by atoms with Crippen LogP contribution in [-0.4, -0.2) is 21.1 Å². The number of furan rings is 1. The topological polar surface area (TPSA) is 61.0 Å². The molecule has 0 amide bonds. The van der Waals surface area contributed by atoms with Crippen LogP contribution in [0.25, 0.3) is 83.6 Å². The second-order valence-corrected chi connectivity index (χ2v) is 13.9. The minimum atomic E-state index is -0.0654. The maximum atomic E-state index is 6.45. The third-order valence-corrected chi connectivity index (χ3v) is 10.7. The molecule has 0 fully saturated rings. The van der Waals surface area contributed by atoms with Crippen molar-refractivity contribution in [3.8, 4) is 51.0 Å². The van der Waals surface area contributed by atoms with Gasteiger partial charge in [-0.3, -0.25) is 0 Å². The second-order valence-electron chi connectivity index (χ2n) is 13.9. The van der Waals surface area contributed by atoms with Crippen LogP contribution in [0.5, 0.6) is 5.75 Å². The van der Waals surface area contributed by atoms with E-state index < -0.39 is 0 Å². The summed E-state index contributed by atoms with van der Waals surface area (Å²) < 4.78 is 12.7. The molecule has 0 spiro atoms. The Morgan fingerprint density at radius 3 is 2.06 bits per heavy atom. The molecule has 254 valence electrons. The largest absolute Gasteiger partial charge is 0.485 e. The number of para-hydroxylation sites is 2. The number of nitrogens with zero attached hydrogens (tertiary/aromatic N) is 3. The monoisotopic (exact) mass is 693 g/mol. The van der Waals surface area contributed by atoms with Crippen molar-refractivity contribution in [1.29, 1.82) is 0 Å². The zero-order valence-corrected chi connectivity index (χ0v) is 29.1. The quantitative estimate of drug-likeness (QED) is 0.180. The summed E-state index contributed by atoms with van der Waals surface area (Å²) in [6.07, 6.45) is 6.46. The molecule has 11 rings (SSSR count). The number of benzene rings is 7.